The maximum atomic E-state index is 12.0. The minimum atomic E-state index is 0.0397. The quantitative estimate of drug-likeness (QED) is 0.910. The van der Waals surface area contributed by atoms with Gasteiger partial charge in [-0.15, -0.1) is 0 Å². The highest BCUT2D eigenvalue weighted by atomic mass is 16.5. The molecule has 1 amide bonds. The SMILES string of the molecule is COc1ccc2c(c1)OC[C@@H](Cc1ccc(C(=O)NC3CC3)cc1)C2. The van der Waals surface area contributed by atoms with E-state index in [1.54, 1.807) is 7.11 Å². The number of carbonyl (C=O) groups is 1. The summed E-state index contributed by atoms with van der Waals surface area (Å²) in [5.41, 5.74) is 3.22. The van der Waals surface area contributed by atoms with Gasteiger partial charge in [-0.05, 0) is 55.0 Å². The largest absolute Gasteiger partial charge is 0.497 e. The zero-order valence-corrected chi connectivity index (χ0v) is 14.5. The van der Waals surface area contributed by atoms with Gasteiger partial charge in [0.25, 0.3) is 5.91 Å². The summed E-state index contributed by atoms with van der Waals surface area (Å²) < 4.78 is 11.2. The van der Waals surface area contributed by atoms with Crippen molar-refractivity contribution in [3.05, 3.63) is 59.2 Å². The molecule has 2 aromatic rings. The number of hydrogen-bond donors (Lipinski definition) is 1. The van der Waals surface area contributed by atoms with E-state index in [1.807, 2.05) is 24.3 Å². The summed E-state index contributed by atoms with van der Waals surface area (Å²) in [6.07, 6.45) is 4.18. The normalized spacial score (nSPS) is 18.8. The van der Waals surface area contributed by atoms with Gasteiger partial charge in [-0.25, -0.2) is 0 Å². The Balaban J connectivity index is 1.38. The number of rotatable bonds is 5. The van der Waals surface area contributed by atoms with Gasteiger partial charge in [-0.2, -0.15) is 0 Å². The molecule has 4 rings (SSSR count). The molecular formula is C21H23NO3. The van der Waals surface area contributed by atoms with E-state index in [4.69, 9.17) is 9.47 Å². The van der Waals surface area contributed by atoms with Crippen LogP contribution in [0, 0.1) is 5.92 Å². The summed E-state index contributed by atoms with van der Waals surface area (Å²) in [5, 5.41) is 3.02. The predicted octanol–water partition coefficient (Wildman–Crippen LogP) is 3.38. The van der Waals surface area contributed by atoms with Gasteiger partial charge in [0.05, 0.1) is 13.7 Å². The zero-order valence-electron chi connectivity index (χ0n) is 14.5. The molecule has 1 heterocycles. The van der Waals surface area contributed by atoms with Crippen molar-refractivity contribution in [3.63, 3.8) is 0 Å². The Bertz CT molecular complexity index is 765. The van der Waals surface area contributed by atoms with E-state index in [0.717, 1.165) is 42.7 Å². The second kappa shape index (κ2) is 6.79. The first-order valence-corrected chi connectivity index (χ1v) is 8.91. The Kier molecular flexibility index (Phi) is 4.35. The standard InChI is InChI=1S/C21H23NO3/c1-24-19-9-6-17-11-15(13-25-20(17)12-19)10-14-2-4-16(5-3-14)21(23)22-18-7-8-18/h2-6,9,12,15,18H,7-8,10-11,13H2,1H3,(H,22,23)/t15-/m0/s1. The van der Waals surface area contributed by atoms with E-state index >= 15 is 0 Å². The minimum absolute atomic E-state index is 0.0397. The van der Waals surface area contributed by atoms with Crippen LogP contribution >= 0.6 is 0 Å². The number of hydrogen-bond acceptors (Lipinski definition) is 3. The van der Waals surface area contributed by atoms with Crippen LogP contribution in [0.15, 0.2) is 42.5 Å². The van der Waals surface area contributed by atoms with Crippen molar-refractivity contribution >= 4 is 5.91 Å². The molecule has 0 spiro atoms. The summed E-state index contributed by atoms with van der Waals surface area (Å²) in [6, 6.07) is 14.4. The molecule has 0 radical (unpaired) electrons. The van der Waals surface area contributed by atoms with Gasteiger partial charge in [0.15, 0.2) is 0 Å². The van der Waals surface area contributed by atoms with E-state index in [-0.39, 0.29) is 5.91 Å². The summed E-state index contributed by atoms with van der Waals surface area (Å²) in [5.74, 6) is 2.25. The van der Waals surface area contributed by atoms with E-state index in [2.05, 4.69) is 23.5 Å². The molecule has 4 nitrogen and oxygen atoms in total. The number of benzene rings is 2. The zero-order chi connectivity index (χ0) is 17.2. The smallest absolute Gasteiger partial charge is 0.251 e. The van der Waals surface area contributed by atoms with Crippen molar-refractivity contribution < 1.29 is 14.3 Å². The Labute approximate surface area is 148 Å². The van der Waals surface area contributed by atoms with Gasteiger partial charge in [0, 0.05) is 23.6 Å². The molecule has 2 aliphatic rings. The summed E-state index contributed by atoms with van der Waals surface area (Å²) in [4.78, 5) is 12.0. The van der Waals surface area contributed by atoms with Crippen LogP contribution in [-0.2, 0) is 12.8 Å². The molecule has 1 saturated carbocycles. The summed E-state index contributed by atoms with van der Waals surface area (Å²) >= 11 is 0. The average molecular weight is 337 g/mol. The van der Waals surface area contributed by atoms with Crippen LogP contribution < -0.4 is 14.8 Å². The van der Waals surface area contributed by atoms with Crippen molar-refractivity contribution in [2.45, 2.75) is 31.7 Å². The fourth-order valence-corrected chi connectivity index (χ4v) is 3.30. The lowest BCUT2D eigenvalue weighted by Crippen LogP contribution is -2.25. The molecule has 2 aromatic carbocycles. The van der Waals surface area contributed by atoms with Crippen LogP contribution in [0.5, 0.6) is 11.5 Å². The number of methoxy groups -OCH3 is 1. The van der Waals surface area contributed by atoms with E-state index < -0.39 is 0 Å². The fourth-order valence-electron chi connectivity index (χ4n) is 3.30. The lowest BCUT2D eigenvalue weighted by molar-refractivity contribution is 0.0951. The third-order valence-corrected chi connectivity index (χ3v) is 4.91. The van der Waals surface area contributed by atoms with Crippen LogP contribution in [0.1, 0.15) is 34.3 Å². The molecule has 1 aliphatic heterocycles. The third kappa shape index (κ3) is 3.78. The van der Waals surface area contributed by atoms with E-state index in [1.165, 1.54) is 11.1 Å². The van der Waals surface area contributed by atoms with Crippen molar-refractivity contribution in [2.24, 2.45) is 5.92 Å². The highest BCUT2D eigenvalue weighted by molar-refractivity contribution is 5.94. The molecule has 1 aliphatic carbocycles. The highest BCUT2D eigenvalue weighted by Gasteiger charge is 2.24. The topological polar surface area (TPSA) is 47.6 Å². The molecule has 1 N–H and O–H groups in total. The maximum absolute atomic E-state index is 12.0. The summed E-state index contributed by atoms with van der Waals surface area (Å²) in [7, 11) is 1.67. The van der Waals surface area contributed by atoms with Crippen LogP contribution in [0.4, 0.5) is 0 Å². The second-order valence-corrected chi connectivity index (χ2v) is 7.00. The Morgan fingerprint density at radius 2 is 2.00 bits per heavy atom. The van der Waals surface area contributed by atoms with Gasteiger partial charge in [-0.3, -0.25) is 4.79 Å². The second-order valence-electron chi connectivity index (χ2n) is 7.00. The van der Waals surface area contributed by atoms with Gasteiger partial charge >= 0.3 is 0 Å². The third-order valence-electron chi connectivity index (χ3n) is 4.91. The van der Waals surface area contributed by atoms with Crippen molar-refractivity contribution in [1.29, 1.82) is 0 Å². The fraction of sp³-hybridized carbons (Fsp3) is 0.381. The molecule has 4 heteroatoms. The molecule has 1 fully saturated rings. The van der Waals surface area contributed by atoms with Crippen LogP contribution in [0.3, 0.4) is 0 Å². The number of amides is 1. The molecule has 25 heavy (non-hydrogen) atoms. The number of ether oxygens (including phenoxy) is 2. The predicted molar refractivity (Wildman–Crippen MR) is 96.3 cm³/mol. The van der Waals surface area contributed by atoms with Gasteiger partial charge in [0.2, 0.25) is 0 Å². The molecule has 0 bridgehead atoms. The Morgan fingerprint density at radius 3 is 2.72 bits per heavy atom. The Hall–Kier alpha value is -2.49. The lowest BCUT2D eigenvalue weighted by Gasteiger charge is -2.25. The first kappa shape index (κ1) is 16.0. The van der Waals surface area contributed by atoms with Crippen LogP contribution in [0.25, 0.3) is 0 Å². The first-order chi connectivity index (χ1) is 12.2. The molecule has 0 saturated heterocycles. The van der Waals surface area contributed by atoms with Gasteiger partial charge in [0.1, 0.15) is 11.5 Å². The summed E-state index contributed by atoms with van der Waals surface area (Å²) in [6.45, 7) is 0.712. The van der Waals surface area contributed by atoms with Crippen molar-refractivity contribution in [3.8, 4) is 11.5 Å². The lowest BCUT2D eigenvalue weighted by atomic mass is 9.90. The molecule has 0 unspecified atom stereocenters. The molecular weight excluding hydrogens is 314 g/mol. The number of carbonyl (C=O) groups excluding carboxylic acids is 1. The van der Waals surface area contributed by atoms with Crippen molar-refractivity contribution in [2.75, 3.05) is 13.7 Å². The van der Waals surface area contributed by atoms with Crippen LogP contribution in [0.2, 0.25) is 0 Å². The molecule has 130 valence electrons. The van der Waals surface area contributed by atoms with Gasteiger partial charge in [-0.1, -0.05) is 18.2 Å². The van der Waals surface area contributed by atoms with Crippen LogP contribution in [-0.4, -0.2) is 25.7 Å². The minimum Gasteiger partial charge on any atom is -0.497 e. The highest BCUT2D eigenvalue weighted by Crippen LogP contribution is 2.32. The van der Waals surface area contributed by atoms with E-state index in [9.17, 15) is 4.79 Å². The van der Waals surface area contributed by atoms with Gasteiger partial charge < -0.3 is 14.8 Å². The maximum Gasteiger partial charge on any atom is 0.251 e. The monoisotopic (exact) mass is 337 g/mol. The first-order valence-electron chi connectivity index (χ1n) is 8.91. The van der Waals surface area contributed by atoms with E-state index in [0.29, 0.717) is 18.6 Å². The number of nitrogens with one attached hydrogen (secondary N) is 1. The average Bonchev–Trinajstić information content (AvgIpc) is 3.46. The Morgan fingerprint density at radius 1 is 1.20 bits per heavy atom. The molecule has 1 atom stereocenters. The molecule has 0 aromatic heterocycles. The van der Waals surface area contributed by atoms with Crippen molar-refractivity contribution in [1.82, 2.24) is 5.32 Å². The number of fused-ring (bicyclic) bond motifs is 1.